The summed E-state index contributed by atoms with van der Waals surface area (Å²) in [7, 11) is -4.78. The second-order valence-electron chi connectivity index (χ2n) is 2.76. The molecule has 0 heterocycles. The first-order valence-corrected chi connectivity index (χ1v) is 5.26. The molecule has 1 aromatic carbocycles. The van der Waals surface area contributed by atoms with Crippen LogP contribution < -0.4 is 0 Å². The number of benzene rings is 1. The number of aromatic carboxylic acids is 2. The van der Waals surface area contributed by atoms with Crippen molar-refractivity contribution in [2.24, 2.45) is 0 Å². The van der Waals surface area contributed by atoms with Crippen molar-refractivity contribution in [2.45, 2.75) is 4.90 Å². The van der Waals surface area contributed by atoms with Crippen molar-refractivity contribution in [1.29, 1.82) is 0 Å². The number of carbonyl (C=O) groups is 2. The maximum Gasteiger partial charge on any atom is 0.338 e. The summed E-state index contributed by atoms with van der Waals surface area (Å²) in [5.74, 6) is -3.34. The Labute approximate surface area is 107 Å². The van der Waals surface area contributed by atoms with Crippen LogP contribution in [-0.4, -0.2) is 52.5 Å². The lowest BCUT2D eigenvalue weighted by atomic mass is 10.1. The first-order chi connectivity index (χ1) is 7.25. The van der Waals surface area contributed by atoms with E-state index in [0.717, 1.165) is 18.2 Å². The summed E-state index contributed by atoms with van der Waals surface area (Å²) in [6.07, 6.45) is 0. The van der Waals surface area contributed by atoms with Gasteiger partial charge in [0.1, 0.15) is 4.90 Å². The van der Waals surface area contributed by atoms with E-state index in [1.54, 1.807) is 0 Å². The minimum absolute atomic E-state index is 0. The highest BCUT2D eigenvalue weighted by Crippen LogP contribution is 2.19. The Balaban J connectivity index is 0.00000256. The normalized spacial score (nSPS) is 10.4. The van der Waals surface area contributed by atoms with Gasteiger partial charge in [0, 0.05) is 0 Å². The topological polar surface area (TPSA) is 129 Å². The maximum absolute atomic E-state index is 10.8. The average molecular weight is 276 g/mol. The Kier molecular flexibility index (Phi) is 4.85. The van der Waals surface area contributed by atoms with E-state index in [1.165, 1.54) is 0 Å². The van der Waals surface area contributed by atoms with E-state index in [2.05, 4.69) is 0 Å². The zero-order chi connectivity index (χ0) is 12.5. The third-order valence-electron chi connectivity index (χ3n) is 1.75. The van der Waals surface area contributed by atoms with Crippen molar-refractivity contribution >= 4 is 39.4 Å². The Bertz CT molecular complexity index is 563. The van der Waals surface area contributed by atoms with Crippen molar-refractivity contribution < 1.29 is 32.8 Å². The van der Waals surface area contributed by atoms with Gasteiger partial charge in [-0.3, -0.25) is 4.55 Å². The van der Waals surface area contributed by atoms with E-state index in [0.29, 0.717) is 0 Å². The lowest BCUT2D eigenvalue weighted by Crippen LogP contribution is -2.14. The second kappa shape index (κ2) is 5.29. The Hall–Kier alpha value is -1.40. The number of carboxylic acids is 2. The molecule has 0 atom stereocenters. The molecule has 0 aromatic heterocycles. The van der Waals surface area contributed by atoms with Gasteiger partial charge in [0.2, 0.25) is 0 Å². The molecule has 0 unspecified atom stereocenters. The maximum atomic E-state index is 10.8. The SMILES string of the molecule is O=C(O)c1cccc(S(=O)(=O)O)c1C(=O)O.[AlH3]. The highest BCUT2D eigenvalue weighted by Gasteiger charge is 2.25. The first kappa shape index (κ1) is 15.6. The van der Waals surface area contributed by atoms with E-state index >= 15 is 0 Å². The Morgan fingerprint density at radius 1 is 1.06 bits per heavy atom. The summed E-state index contributed by atoms with van der Waals surface area (Å²) in [6.45, 7) is 0. The standard InChI is InChI=1S/C8H6O7S.Al.3H/c9-7(10)4-2-1-3-5(16(13,14)15)6(4)8(11)12;;;;/h1-3H,(H,9,10)(H,11,12)(H,13,14,15);;;;. The van der Waals surface area contributed by atoms with Crippen LogP contribution in [0.5, 0.6) is 0 Å². The van der Waals surface area contributed by atoms with Crippen LogP contribution >= 0.6 is 0 Å². The van der Waals surface area contributed by atoms with Crippen molar-refractivity contribution in [1.82, 2.24) is 0 Å². The molecule has 1 aromatic rings. The number of rotatable bonds is 3. The van der Waals surface area contributed by atoms with Crippen LogP contribution in [0.25, 0.3) is 0 Å². The average Bonchev–Trinajstić information content (AvgIpc) is 2.14. The predicted molar refractivity (Wildman–Crippen MR) is 60.1 cm³/mol. The molecule has 0 aliphatic rings. The summed E-state index contributed by atoms with van der Waals surface area (Å²) in [6, 6.07) is 2.77. The van der Waals surface area contributed by atoms with Gasteiger partial charge in [-0.25, -0.2) is 9.59 Å². The van der Waals surface area contributed by atoms with E-state index in [-0.39, 0.29) is 17.4 Å². The van der Waals surface area contributed by atoms with Crippen molar-refractivity contribution in [3.8, 4) is 0 Å². The third-order valence-corrected chi connectivity index (χ3v) is 2.64. The van der Waals surface area contributed by atoms with Gasteiger partial charge in [-0.15, -0.1) is 0 Å². The van der Waals surface area contributed by atoms with Crippen LogP contribution in [0.15, 0.2) is 23.1 Å². The van der Waals surface area contributed by atoms with Crippen LogP contribution in [0, 0.1) is 0 Å². The summed E-state index contributed by atoms with van der Waals surface area (Å²) < 4.78 is 30.4. The first-order valence-electron chi connectivity index (χ1n) is 3.82. The van der Waals surface area contributed by atoms with Gasteiger partial charge in [-0.2, -0.15) is 8.42 Å². The monoisotopic (exact) mass is 276 g/mol. The molecule has 0 aliphatic heterocycles. The highest BCUT2D eigenvalue weighted by atomic mass is 32.2. The van der Waals surface area contributed by atoms with Gasteiger partial charge in [0.25, 0.3) is 10.1 Å². The molecule has 0 aliphatic carbocycles. The molecule has 0 amide bonds. The Morgan fingerprint density at radius 2 is 1.59 bits per heavy atom. The quantitative estimate of drug-likeness (QED) is 0.484. The second-order valence-corrected chi connectivity index (χ2v) is 4.15. The molecule has 3 N–H and O–H groups in total. The van der Waals surface area contributed by atoms with Crippen LogP contribution in [0.2, 0.25) is 0 Å². The smallest absolute Gasteiger partial charge is 0.338 e. The number of hydrogen-bond donors (Lipinski definition) is 3. The van der Waals surface area contributed by atoms with Crippen LogP contribution in [-0.2, 0) is 10.1 Å². The van der Waals surface area contributed by atoms with E-state index in [9.17, 15) is 18.0 Å². The zero-order valence-electron chi connectivity index (χ0n) is 7.61. The van der Waals surface area contributed by atoms with E-state index in [4.69, 9.17) is 14.8 Å². The van der Waals surface area contributed by atoms with Gasteiger partial charge in [0.15, 0.2) is 17.4 Å². The molecule has 0 saturated carbocycles. The number of carboxylic acid groups (broad SMARTS) is 2. The zero-order valence-corrected chi connectivity index (χ0v) is 8.43. The molecule has 9 heteroatoms. The fraction of sp³-hybridized carbons (Fsp3) is 0. The fourth-order valence-corrected chi connectivity index (χ4v) is 1.85. The lowest BCUT2D eigenvalue weighted by Gasteiger charge is -2.05. The molecule has 7 nitrogen and oxygen atoms in total. The minimum Gasteiger partial charge on any atom is -0.478 e. The third kappa shape index (κ3) is 3.28. The summed E-state index contributed by atoms with van der Waals surface area (Å²) in [4.78, 5) is 20.5. The largest absolute Gasteiger partial charge is 0.478 e. The van der Waals surface area contributed by atoms with E-state index < -0.39 is 38.1 Å². The predicted octanol–water partition coefficient (Wildman–Crippen LogP) is -0.854. The van der Waals surface area contributed by atoms with Crippen molar-refractivity contribution in [2.75, 3.05) is 0 Å². The van der Waals surface area contributed by atoms with Gasteiger partial charge in [-0.1, -0.05) is 6.07 Å². The van der Waals surface area contributed by atoms with Crippen LogP contribution in [0.3, 0.4) is 0 Å². The summed E-state index contributed by atoms with van der Waals surface area (Å²) >= 11 is 0. The fourth-order valence-electron chi connectivity index (χ4n) is 1.14. The van der Waals surface area contributed by atoms with E-state index in [1.807, 2.05) is 0 Å². The molecule has 0 fully saturated rings. The van der Waals surface area contributed by atoms with Gasteiger partial charge >= 0.3 is 11.9 Å². The van der Waals surface area contributed by atoms with Crippen LogP contribution in [0.4, 0.5) is 0 Å². The Morgan fingerprint density at radius 3 is 1.94 bits per heavy atom. The molecular weight excluding hydrogens is 267 g/mol. The molecule has 92 valence electrons. The minimum atomic E-state index is -4.78. The molecular formula is C8H9AlO7S. The molecule has 0 bridgehead atoms. The van der Waals surface area contributed by atoms with Crippen molar-refractivity contribution in [3.63, 3.8) is 0 Å². The summed E-state index contributed by atoms with van der Waals surface area (Å²) in [5.41, 5.74) is -1.67. The van der Waals surface area contributed by atoms with Gasteiger partial charge < -0.3 is 10.2 Å². The molecule has 0 radical (unpaired) electrons. The molecule has 1 rings (SSSR count). The van der Waals surface area contributed by atoms with Crippen molar-refractivity contribution in [3.05, 3.63) is 29.3 Å². The molecule has 0 saturated heterocycles. The summed E-state index contributed by atoms with van der Waals surface area (Å²) in [5, 5.41) is 17.4. The lowest BCUT2D eigenvalue weighted by molar-refractivity contribution is 0.0648. The van der Waals surface area contributed by atoms with Gasteiger partial charge in [-0.05, 0) is 12.1 Å². The number of hydrogen-bond acceptors (Lipinski definition) is 4. The molecule has 0 spiro atoms. The highest BCUT2D eigenvalue weighted by molar-refractivity contribution is 7.86. The van der Waals surface area contributed by atoms with Gasteiger partial charge in [0.05, 0.1) is 11.1 Å². The van der Waals surface area contributed by atoms with Crippen LogP contribution in [0.1, 0.15) is 20.7 Å². The molecule has 17 heavy (non-hydrogen) atoms.